The second-order valence-corrected chi connectivity index (χ2v) is 6.93. The van der Waals surface area contributed by atoms with E-state index in [1.54, 1.807) is 0 Å². The van der Waals surface area contributed by atoms with Crippen molar-refractivity contribution in [3.8, 4) is 0 Å². The largest absolute Gasteiger partial charge is 0.396 e. The second-order valence-electron chi connectivity index (χ2n) is 6.93. The number of nitrogens with one attached hydrogen (secondary N) is 1. The SMILES string of the molecule is C[C@@H](C(=O)N1C[C@H]2CN(C)C[C@@H]2C1)[C@H]1NC(=O)[C@H]1CCO. The molecule has 118 valence electrons. The summed E-state index contributed by atoms with van der Waals surface area (Å²) in [5.41, 5.74) is 0. The topological polar surface area (TPSA) is 72.9 Å². The Kier molecular flexibility index (Phi) is 3.92. The van der Waals surface area contributed by atoms with E-state index in [1.807, 2.05) is 11.8 Å². The van der Waals surface area contributed by atoms with E-state index >= 15 is 0 Å². The van der Waals surface area contributed by atoms with Crippen molar-refractivity contribution < 1.29 is 14.7 Å². The van der Waals surface area contributed by atoms with Crippen LogP contribution < -0.4 is 5.32 Å². The molecule has 3 aliphatic heterocycles. The molecule has 3 heterocycles. The summed E-state index contributed by atoms with van der Waals surface area (Å²) < 4.78 is 0. The van der Waals surface area contributed by atoms with Gasteiger partial charge in [0.25, 0.3) is 0 Å². The van der Waals surface area contributed by atoms with Crippen LogP contribution in [0.4, 0.5) is 0 Å². The maximum absolute atomic E-state index is 12.6. The van der Waals surface area contributed by atoms with Crippen molar-refractivity contribution in [1.29, 1.82) is 0 Å². The molecule has 0 unspecified atom stereocenters. The molecule has 2 amide bonds. The first-order valence-electron chi connectivity index (χ1n) is 7.89. The molecule has 5 atom stereocenters. The number of amides is 2. The van der Waals surface area contributed by atoms with Crippen LogP contribution >= 0.6 is 0 Å². The van der Waals surface area contributed by atoms with Crippen molar-refractivity contribution in [3.05, 3.63) is 0 Å². The molecule has 0 spiro atoms. The molecular weight excluding hydrogens is 270 g/mol. The van der Waals surface area contributed by atoms with Gasteiger partial charge in [0.2, 0.25) is 11.8 Å². The molecule has 3 aliphatic rings. The Morgan fingerprint density at radius 2 is 1.95 bits per heavy atom. The summed E-state index contributed by atoms with van der Waals surface area (Å²) in [6.45, 7) is 5.76. The number of carbonyl (C=O) groups is 2. The van der Waals surface area contributed by atoms with E-state index in [9.17, 15) is 9.59 Å². The summed E-state index contributed by atoms with van der Waals surface area (Å²) in [6.07, 6.45) is 0.449. The molecule has 3 rings (SSSR count). The fourth-order valence-electron chi connectivity index (χ4n) is 4.21. The van der Waals surface area contributed by atoms with E-state index in [1.165, 1.54) is 0 Å². The lowest BCUT2D eigenvalue weighted by Crippen LogP contribution is -2.63. The van der Waals surface area contributed by atoms with Gasteiger partial charge in [-0.25, -0.2) is 0 Å². The molecule has 0 aromatic heterocycles. The highest BCUT2D eigenvalue weighted by molar-refractivity contribution is 5.89. The van der Waals surface area contributed by atoms with Crippen LogP contribution in [0.15, 0.2) is 0 Å². The second kappa shape index (κ2) is 5.57. The molecule has 6 nitrogen and oxygen atoms in total. The van der Waals surface area contributed by atoms with Crippen LogP contribution in [0.1, 0.15) is 13.3 Å². The van der Waals surface area contributed by atoms with Gasteiger partial charge in [0.15, 0.2) is 0 Å². The van der Waals surface area contributed by atoms with Crippen molar-refractivity contribution in [3.63, 3.8) is 0 Å². The highest BCUT2D eigenvalue weighted by Crippen LogP contribution is 2.33. The van der Waals surface area contributed by atoms with E-state index in [4.69, 9.17) is 5.11 Å². The minimum absolute atomic E-state index is 0.00427. The lowest BCUT2D eigenvalue weighted by molar-refractivity contribution is -0.144. The van der Waals surface area contributed by atoms with Crippen LogP contribution in [0.2, 0.25) is 0 Å². The fraction of sp³-hybridized carbons (Fsp3) is 0.867. The summed E-state index contributed by atoms with van der Waals surface area (Å²) in [4.78, 5) is 28.5. The Morgan fingerprint density at radius 1 is 1.33 bits per heavy atom. The third-order valence-electron chi connectivity index (χ3n) is 5.43. The molecule has 6 heteroatoms. The number of aliphatic hydroxyl groups is 1. The molecule has 0 radical (unpaired) electrons. The van der Waals surface area contributed by atoms with E-state index < -0.39 is 0 Å². The Morgan fingerprint density at radius 3 is 2.48 bits per heavy atom. The number of likely N-dealkylation sites (tertiary alicyclic amines) is 2. The van der Waals surface area contributed by atoms with Gasteiger partial charge in [0.05, 0.1) is 17.9 Å². The summed E-state index contributed by atoms with van der Waals surface area (Å²) in [7, 11) is 2.14. The number of β-lactam (4-membered cyclic amide) rings is 1. The number of aliphatic hydroxyl groups excluding tert-OH is 1. The molecule has 3 saturated heterocycles. The molecule has 0 aliphatic carbocycles. The van der Waals surface area contributed by atoms with Gasteiger partial charge in [-0.1, -0.05) is 6.92 Å². The van der Waals surface area contributed by atoms with Gasteiger partial charge in [-0.3, -0.25) is 9.59 Å². The van der Waals surface area contributed by atoms with Crippen molar-refractivity contribution in [1.82, 2.24) is 15.1 Å². The van der Waals surface area contributed by atoms with Gasteiger partial charge in [-0.2, -0.15) is 0 Å². The molecule has 0 aromatic carbocycles. The molecule has 0 aromatic rings. The average molecular weight is 295 g/mol. The molecule has 21 heavy (non-hydrogen) atoms. The van der Waals surface area contributed by atoms with Crippen molar-refractivity contribution >= 4 is 11.8 Å². The van der Waals surface area contributed by atoms with Crippen LogP contribution in [0.3, 0.4) is 0 Å². The van der Waals surface area contributed by atoms with Crippen LogP contribution in [-0.4, -0.2) is 72.6 Å². The Bertz CT molecular complexity index is 428. The molecule has 0 bridgehead atoms. The van der Waals surface area contributed by atoms with Crippen molar-refractivity contribution in [2.24, 2.45) is 23.7 Å². The maximum atomic E-state index is 12.6. The summed E-state index contributed by atoms with van der Waals surface area (Å²) in [5.74, 6) is 0.928. The van der Waals surface area contributed by atoms with Crippen LogP contribution in [0.25, 0.3) is 0 Å². The molecule has 0 saturated carbocycles. The Labute approximate surface area is 125 Å². The summed E-state index contributed by atoms with van der Waals surface area (Å²) >= 11 is 0. The first kappa shape index (κ1) is 14.8. The normalized spacial score (nSPS) is 37.1. The quantitative estimate of drug-likeness (QED) is 0.662. The highest BCUT2D eigenvalue weighted by atomic mass is 16.3. The lowest BCUT2D eigenvalue weighted by Gasteiger charge is -2.41. The Balaban J connectivity index is 1.57. The van der Waals surface area contributed by atoms with E-state index in [-0.39, 0.29) is 36.3 Å². The predicted octanol–water partition coefficient (Wildman–Crippen LogP) is -0.860. The fourth-order valence-corrected chi connectivity index (χ4v) is 4.21. The number of nitrogens with zero attached hydrogens (tertiary/aromatic N) is 2. The zero-order valence-electron chi connectivity index (χ0n) is 12.8. The van der Waals surface area contributed by atoms with Crippen LogP contribution in [0.5, 0.6) is 0 Å². The third-order valence-corrected chi connectivity index (χ3v) is 5.43. The molecule has 2 N–H and O–H groups in total. The highest BCUT2D eigenvalue weighted by Gasteiger charge is 2.47. The standard InChI is InChI=1S/C15H25N3O3/c1-9(13-12(3-4-19)14(20)16-13)15(21)18-7-10-5-17(2)6-11(10)8-18/h9-13,19H,3-8H2,1-2H3,(H,16,20)/t9-,10-,11-,12+,13-/m1/s1. The number of carbonyl (C=O) groups excluding carboxylic acids is 2. The van der Waals surface area contributed by atoms with Crippen molar-refractivity contribution in [2.45, 2.75) is 19.4 Å². The van der Waals surface area contributed by atoms with Gasteiger partial charge in [-0.05, 0) is 25.3 Å². The molecule has 3 fully saturated rings. The van der Waals surface area contributed by atoms with Gasteiger partial charge in [0.1, 0.15) is 0 Å². The maximum Gasteiger partial charge on any atom is 0.227 e. The average Bonchev–Trinajstić information content (AvgIpc) is 2.97. The van der Waals surface area contributed by atoms with Crippen molar-refractivity contribution in [2.75, 3.05) is 39.8 Å². The zero-order valence-corrected chi connectivity index (χ0v) is 12.8. The van der Waals surface area contributed by atoms with Gasteiger partial charge in [-0.15, -0.1) is 0 Å². The van der Waals surface area contributed by atoms with E-state index in [0.717, 1.165) is 26.2 Å². The number of hydrogen-bond donors (Lipinski definition) is 2. The van der Waals surface area contributed by atoms with Crippen LogP contribution in [0, 0.1) is 23.7 Å². The minimum Gasteiger partial charge on any atom is -0.396 e. The van der Waals surface area contributed by atoms with E-state index in [2.05, 4.69) is 17.3 Å². The first-order chi connectivity index (χ1) is 10.0. The number of fused-ring (bicyclic) bond motifs is 1. The smallest absolute Gasteiger partial charge is 0.227 e. The summed E-state index contributed by atoms with van der Waals surface area (Å²) in [6, 6.07) is -0.111. The number of hydrogen-bond acceptors (Lipinski definition) is 4. The predicted molar refractivity (Wildman–Crippen MR) is 77.3 cm³/mol. The van der Waals surface area contributed by atoms with Gasteiger partial charge >= 0.3 is 0 Å². The lowest BCUT2D eigenvalue weighted by atomic mass is 9.79. The van der Waals surface area contributed by atoms with Gasteiger partial charge < -0.3 is 20.2 Å². The van der Waals surface area contributed by atoms with Gasteiger partial charge in [0, 0.05) is 32.8 Å². The first-order valence-corrected chi connectivity index (χ1v) is 7.89. The molecular formula is C15H25N3O3. The third kappa shape index (κ3) is 2.55. The Hall–Kier alpha value is -1.14. The zero-order chi connectivity index (χ0) is 15.1. The summed E-state index contributed by atoms with van der Waals surface area (Å²) in [5, 5.41) is 11.9. The number of rotatable bonds is 4. The monoisotopic (exact) mass is 295 g/mol. The minimum atomic E-state index is -0.206. The van der Waals surface area contributed by atoms with E-state index in [0.29, 0.717) is 18.3 Å². The van der Waals surface area contributed by atoms with Crippen LogP contribution in [-0.2, 0) is 9.59 Å².